The molecule has 3 amide bonds. The number of carbonyl (C=O) groups excluding carboxylic acids is 3. The minimum Gasteiger partial charge on any atom is -0.353 e. The number of nitrogens with two attached hydrogens (primary N) is 1. The molecule has 1 saturated heterocycles. The average molecular weight is 510 g/mol. The first kappa shape index (κ1) is 25.9. The molecule has 196 valence electrons. The van der Waals surface area contributed by atoms with E-state index in [-0.39, 0.29) is 31.3 Å². The topological polar surface area (TPSA) is 135 Å². The molecule has 13 heteroatoms. The van der Waals surface area contributed by atoms with Crippen LogP contribution in [-0.2, 0) is 28.0 Å². The zero-order chi connectivity index (χ0) is 26.0. The van der Waals surface area contributed by atoms with Gasteiger partial charge in [-0.05, 0) is 49.8 Å². The molecule has 2 aromatic rings. The minimum absolute atomic E-state index is 0.0122. The van der Waals surface area contributed by atoms with Crippen molar-refractivity contribution in [1.82, 2.24) is 30.5 Å². The fraction of sp³-hybridized carbons (Fsp3) is 0.609. The Bertz CT molecular complexity index is 1130. The fourth-order valence-corrected chi connectivity index (χ4v) is 4.54. The number of hydrogen-bond acceptors (Lipinski definition) is 6. The Labute approximate surface area is 205 Å². The van der Waals surface area contributed by atoms with Gasteiger partial charge in [0.05, 0.1) is 17.5 Å². The predicted molar refractivity (Wildman–Crippen MR) is 123 cm³/mol. The largest absolute Gasteiger partial charge is 0.393 e. The van der Waals surface area contributed by atoms with E-state index in [1.807, 2.05) is 0 Å². The van der Waals surface area contributed by atoms with E-state index < -0.39 is 49.0 Å². The molecule has 2 fully saturated rings. The maximum Gasteiger partial charge on any atom is 0.393 e. The van der Waals surface area contributed by atoms with Crippen molar-refractivity contribution in [3.8, 4) is 0 Å². The van der Waals surface area contributed by atoms with Gasteiger partial charge in [-0.15, -0.1) is 5.10 Å². The van der Waals surface area contributed by atoms with Gasteiger partial charge in [0.2, 0.25) is 17.7 Å². The van der Waals surface area contributed by atoms with Crippen molar-refractivity contribution in [2.45, 2.75) is 69.4 Å². The summed E-state index contributed by atoms with van der Waals surface area (Å²) in [4.78, 5) is 38.8. The Morgan fingerprint density at radius 2 is 2.00 bits per heavy atom. The number of aromatic nitrogens is 3. The monoisotopic (exact) mass is 509 g/mol. The number of halogens is 3. The van der Waals surface area contributed by atoms with Crippen molar-refractivity contribution >= 4 is 28.8 Å². The van der Waals surface area contributed by atoms with Crippen molar-refractivity contribution < 1.29 is 27.6 Å². The van der Waals surface area contributed by atoms with Crippen LogP contribution in [0, 0.1) is 5.92 Å². The Morgan fingerprint density at radius 1 is 1.25 bits per heavy atom. The zero-order valence-corrected chi connectivity index (χ0v) is 19.9. The van der Waals surface area contributed by atoms with Gasteiger partial charge in [-0.25, -0.2) is 4.68 Å². The third-order valence-electron chi connectivity index (χ3n) is 6.96. The maximum atomic E-state index is 13.5. The van der Waals surface area contributed by atoms with Crippen LogP contribution in [0.15, 0.2) is 18.2 Å². The number of carbonyl (C=O) groups is 3. The summed E-state index contributed by atoms with van der Waals surface area (Å²) >= 11 is 0. The number of aryl methyl sites for hydroxylation is 1. The quantitative estimate of drug-likeness (QED) is 0.489. The lowest BCUT2D eigenvalue weighted by Crippen LogP contribution is -2.51. The lowest BCUT2D eigenvalue weighted by atomic mass is 9.93. The van der Waals surface area contributed by atoms with Gasteiger partial charge in [0.15, 0.2) is 0 Å². The summed E-state index contributed by atoms with van der Waals surface area (Å²) in [5.41, 5.74) is 8.06. The summed E-state index contributed by atoms with van der Waals surface area (Å²) < 4.78 is 42.0. The first-order valence-electron chi connectivity index (χ1n) is 12.0. The van der Waals surface area contributed by atoms with E-state index in [0.29, 0.717) is 11.1 Å². The number of hydrogen-bond donors (Lipinski definition) is 3. The summed E-state index contributed by atoms with van der Waals surface area (Å²) in [5, 5.41) is 13.4. The number of alkyl halides is 3. The van der Waals surface area contributed by atoms with Crippen LogP contribution in [0.25, 0.3) is 11.0 Å². The molecule has 0 spiro atoms. The Kier molecular flexibility index (Phi) is 7.48. The molecule has 2 aliphatic rings. The number of benzene rings is 1. The molecule has 3 atom stereocenters. The highest BCUT2D eigenvalue weighted by Gasteiger charge is 2.51. The molecule has 0 radical (unpaired) electrons. The summed E-state index contributed by atoms with van der Waals surface area (Å²) in [6.45, 7) is -0.595. The summed E-state index contributed by atoms with van der Waals surface area (Å²) in [6.07, 6.45) is -2.26. The standard InChI is InChI=1S/C23H30F3N7O3/c1-32-18-7-5-13(9-17(18)30-31-32)11-28-21(35)19-10-14(23(24,25)26)12-33(19)22(36)16(27)6-8-20(34)29-15-3-2-4-15/h5,7,9,14-16,19H,2-4,6,8,10-12,27H2,1H3,(H,28,35)(H,29,34). The summed E-state index contributed by atoms with van der Waals surface area (Å²) in [7, 11) is 1.74. The van der Waals surface area contributed by atoms with Gasteiger partial charge in [0.25, 0.3) is 0 Å². The van der Waals surface area contributed by atoms with Crippen LogP contribution in [0.3, 0.4) is 0 Å². The Morgan fingerprint density at radius 3 is 2.67 bits per heavy atom. The van der Waals surface area contributed by atoms with Crippen molar-refractivity contribution in [1.29, 1.82) is 0 Å². The normalized spacial score (nSPS) is 21.3. The highest BCUT2D eigenvalue weighted by molar-refractivity contribution is 5.91. The molecule has 1 aliphatic heterocycles. The van der Waals surface area contributed by atoms with Gasteiger partial charge in [-0.3, -0.25) is 14.4 Å². The number of amides is 3. The van der Waals surface area contributed by atoms with E-state index in [9.17, 15) is 27.6 Å². The molecule has 4 rings (SSSR count). The van der Waals surface area contributed by atoms with Gasteiger partial charge in [-0.1, -0.05) is 11.3 Å². The third kappa shape index (κ3) is 5.77. The SMILES string of the molecule is Cn1nnc2cc(CNC(=O)C3CC(C(F)(F)F)CN3C(=O)C(N)CCC(=O)NC3CCC3)ccc21. The van der Waals surface area contributed by atoms with Crippen LogP contribution in [0.5, 0.6) is 0 Å². The second kappa shape index (κ2) is 10.4. The number of nitrogens with one attached hydrogen (secondary N) is 2. The first-order chi connectivity index (χ1) is 17.0. The number of nitrogens with zero attached hydrogens (tertiary/aromatic N) is 4. The molecule has 1 aromatic carbocycles. The lowest BCUT2D eigenvalue weighted by molar-refractivity contribution is -0.171. The maximum absolute atomic E-state index is 13.5. The second-order valence-electron chi connectivity index (χ2n) is 9.58. The van der Waals surface area contributed by atoms with E-state index in [0.717, 1.165) is 29.7 Å². The highest BCUT2D eigenvalue weighted by Crippen LogP contribution is 2.37. The molecule has 1 aliphatic carbocycles. The molecule has 0 bridgehead atoms. The van der Waals surface area contributed by atoms with Crippen LogP contribution < -0.4 is 16.4 Å². The summed E-state index contributed by atoms with van der Waals surface area (Å²) in [6, 6.07) is 2.91. The van der Waals surface area contributed by atoms with E-state index in [1.165, 1.54) is 0 Å². The zero-order valence-electron chi connectivity index (χ0n) is 19.9. The van der Waals surface area contributed by atoms with Crippen molar-refractivity contribution in [3.05, 3.63) is 23.8 Å². The predicted octanol–water partition coefficient (Wildman–Crippen LogP) is 1.14. The van der Waals surface area contributed by atoms with E-state index in [1.54, 1.807) is 29.9 Å². The van der Waals surface area contributed by atoms with Crippen molar-refractivity contribution in [2.24, 2.45) is 18.7 Å². The smallest absolute Gasteiger partial charge is 0.353 e. The summed E-state index contributed by atoms with van der Waals surface area (Å²) in [5.74, 6) is -3.53. The molecular formula is C23H30F3N7O3. The van der Waals surface area contributed by atoms with Gasteiger partial charge in [-0.2, -0.15) is 13.2 Å². The van der Waals surface area contributed by atoms with E-state index in [2.05, 4.69) is 20.9 Å². The van der Waals surface area contributed by atoms with Crippen LogP contribution >= 0.6 is 0 Å². The molecule has 1 saturated carbocycles. The van der Waals surface area contributed by atoms with Crippen LogP contribution in [0.1, 0.15) is 44.1 Å². The van der Waals surface area contributed by atoms with Gasteiger partial charge >= 0.3 is 6.18 Å². The number of likely N-dealkylation sites (tertiary alicyclic amines) is 1. The molecule has 4 N–H and O–H groups in total. The Hall–Kier alpha value is -3.22. The van der Waals surface area contributed by atoms with Crippen molar-refractivity contribution in [3.63, 3.8) is 0 Å². The fourth-order valence-electron chi connectivity index (χ4n) is 4.54. The van der Waals surface area contributed by atoms with E-state index in [4.69, 9.17) is 5.73 Å². The first-order valence-corrected chi connectivity index (χ1v) is 12.0. The molecule has 3 unspecified atom stereocenters. The number of fused-ring (bicyclic) bond motifs is 1. The van der Waals surface area contributed by atoms with Crippen LogP contribution in [0.4, 0.5) is 13.2 Å². The van der Waals surface area contributed by atoms with Gasteiger partial charge in [0.1, 0.15) is 11.6 Å². The molecular weight excluding hydrogens is 479 g/mol. The lowest BCUT2D eigenvalue weighted by Gasteiger charge is -2.28. The Balaban J connectivity index is 1.38. The molecule has 10 nitrogen and oxygen atoms in total. The number of rotatable bonds is 8. The molecule has 1 aromatic heterocycles. The van der Waals surface area contributed by atoms with Crippen LogP contribution in [-0.4, -0.2) is 68.5 Å². The van der Waals surface area contributed by atoms with E-state index >= 15 is 0 Å². The van der Waals surface area contributed by atoms with Crippen molar-refractivity contribution in [2.75, 3.05) is 6.54 Å². The van der Waals surface area contributed by atoms with Crippen LogP contribution in [0.2, 0.25) is 0 Å². The van der Waals surface area contributed by atoms with Gasteiger partial charge in [0, 0.05) is 32.6 Å². The van der Waals surface area contributed by atoms with Gasteiger partial charge < -0.3 is 21.3 Å². The molecule has 36 heavy (non-hydrogen) atoms. The third-order valence-corrected chi connectivity index (χ3v) is 6.96. The average Bonchev–Trinajstić information content (AvgIpc) is 3.42. The highest BCUT2D eigenvalue weighted by atomic mass is 19.4. The second-order valence-corrected chi connectivity index (χ2v) is 9.58. The molecule has 2 heterocycles. The minimum atomic E-state index is -4.56.